The van der Waals surface area contributed by atoms with Crippen molar-refractivity contribution < 1.29 is 36.4 Å². The zero-order chi connectivity index (χ0) is 25.7. The highest BCUT2D eigenvalue weighted by atomic mass is 19.3. The van der Waals surface area contributed by atoms with E-state index in [0.29, 0.717) is 50.4 Å². The molecular formula is C23H20F5N5O3. The molecule has 2 bridgehead atoms. The molecule has 2 aromatic heterocycles. The first kappa shape index (κ1) is 24.1. The highest BCUT2D eigenvalue weighted by Crippen LogP contribution is 2.57. The molecule has 1 amide bonds. The van der Waals surface area contributed by atoms with E-state index < -0.39 is 46.8 Å². The zero-order valence-electron chi connectivity index (χ0n) is 18.7. The lowest BCUT2D eigenvalue weighted by Crippen LogP contribution is -2.49. The lowest BCUT2D eigenvalue weighted by Gasteiger charge is -2.52. The Kier molecular flexibility index (Phi) is 5.87. The SMILES string of the molecule is O=C(NC[C@]12CC[C@](c3noc(-c4cnc(C(F)F)cn4)n3)(CC1)CC2)c1cc(F)c(O)c(F)c1F. The predicted octanol–water partition coefficient (Wildman–Crippen LogP) is 4.61. The number of amides is 1. The van der Waals surface area contributed by atoms with Gasteiger partial charge in [0.25, 0.3) is 18.2 Å². The summed E-state index contributed by atoms with van der Waals surface area (Å²) in [6, 6.07) is 0.465. The molecule has 2 N–H and O–H groups in total. The molecule has 0 atom stereocenters. The van der Waals surface area contributed by atoms with Gasteiger partial charge in [-0.25, -0.2) is 22.5 Å². The van der Waals surface area contributed by atoms with Gasteiger partial charge in [0.15, 0.2) is 23.2 Å². The van der Waals surface area contributed by atoms with Crippen molar-refractivity contribution >= 4 is 5.91 Å². The Balaban J connectivity index is 1.24. The maximum atomic E-state index is 14.0. The van der Waals surface area contributed by atoms with Gasteiger partial charge >= 0.3 is 0 Å². The van der Waals surface area contributed by atoms with Crippen LogP contribution in [0.2, 0.25) is 0 Å². The lowest BCUT2D eigenvalue weighted by molar-refractivity contribution is 0.0334. The molecule has 8 nitrogen and oxygen atoms in total. The molecule has 0 spiro atoms. The molecule has 36 heavy (non-hydrogen) atoms. The average molecular weight is 509 g/mol. The topological polar surface area (TPSA) is 114 Å². The number of halogens is 5. The van der Waals surface area contributed by atoms with Crippen molar-refractivity contribution in [1.29, 1.82) is 0 Å². The summed E-state index contributed by atoms with van der Waals surface area (Å²) in [6.45, 7) is 0.190. The van der Waals surface area contributed by atoms with Crippen molar-refractivity contribution in [3.63, 3.8) is 0 Å². The van der Waals surface area contributed by atoms with E-state index in [4.69, 9.17) is 9.63 Å². The Bertz CT molecular complexity index is 1290. The number of carbonyl (C=O) groups excluding carboxylic acids is 1. The van der Waals surface area contributed by atoms with Gasteiger partial charge in [0, 0.05) is 12.0 Å². The highest BCUT2D eigenvalue weighted by molar-refractivity contribution is 5.94. The minimum atomic E-state index is -2.74. The number of nitrogens with zero attached hydrogens (tertiary/aromatic N) is 4. The van der Waals surface area contributed by atoms with Crippen molar-refractivity contribution in [2.24, 2.45) is 5.41 Å². The van der Waals surface area contributed by atoms with E-state index in [1.807, 2.05) is 0 Å². The number of aromatic hydroxyl groups is 1. The van der Waals surface area contributed by atoms with Crippen LogP contribution in [0, 0.1) is 22.9 Å². The number of phenols is 1. The van der Waals surface area contributed by atoms with E-state index in [-0.39, 0.29) is 29.0 Å². The Labute approximate surface area is 201 Å². The fraction of sp³-hybridized carbons (Fsp3) is 0.435. The van der Waals surface area contributed by atoms with Crippen LogP contribution >= 0.6 is 0 Å². The van der Waals surface area contributed by atoms with E-state index in [0.717, 1.165) is 12.4 Å². The normalized spacial score (nSPS) is 23.3. The van der Waals surface area contributed by atoms with E-state index in [2.05, 4.69) is 25.4 Å². The second kappa shape index (κ2) is 8.79. The Morgan fingerprint density at radius 2 is 1.75 bits per heavy atom. The van der Waals surface area contributed by atoms with E-state index in [1.165, 1.54) is 0 Å². The highest BCUT2D eigenvalue weighted by Gasteiger charge is 2.51. The Morgan fingerprint density at radius 3 is 2.36 bits per heavy atom. The van der Waals surface area contributed by atoms with Crippen molar-refractivity contribution in [1.82, 2.24) is 25.4 Å². The number of hydrogen-bond acceptors (Lipinski definition) is 7. The quantitative estimate of drug-likeness (QED) is 0.369. The molecule has 190 valence electrons. The summed E-state index contributed by atoms with van der Waals surface area (Å²) in [5.41, 5.74) is -1.70. The number of phenolic OH excluding ortho intramolecular Hbond substituents is 1. The van der Waals surface area contributed by atoms with Crippen LogP contribution in [-0.4, -0.2) is 37.7 Å². The van der Waals surface area contributed by atoms with Gasteiger partial charge in [-0.3, -0.25) is 9.78 Å². The van der Waals surface area contributed by atoms with Gasteiger partial charge in [0.1, 0.15) is 11.4 Å². The third-order valence-corrected chi connectivity index (χ3v) is 7.42. The number of benzene rings is 1. The summed E-state index contributed by atoms with van der Waals surface area (Å²) in [5.74, 6) is -6.72. The Hall–Kier alpha value is -3.64. The Morgan fingerprint density at radius 1 is 1.06 bits per heavy atom. The van der Waals surface area contributed by atoms with Crippen LogP contribution in [-0.2, 0) is 5.41 Å². The third-order valence-electron chi connectivity index (χ3n) is 7.42. The summed E-state index contributed by atoms with van der Waals surface area (Å²) in [7, 11) is 0. The second-order valence-electron chi connectivity index (χ2n) is 9.40. The first-order chi connectivity index (χ1) is 17.1. The molecule has 3 aliphatic rings. The first-order valence-corrected chi connectivity index (χ1v) is 11.2. The molecule has 0 unspecified atom stereocenters. The summed E-state index contributed by atoms with van der Waals surface area (Å²) < 4.78 is 72.0. The summed E-state index contributed by atoms with van der Waals surface area (Å²) in [4.78, 5) is 24.4. The van der Waals surface area contributed by atoms with Gasteiger partial charge in [-0.2, -0.15) is 9.37 Å². The van der Waals surface area contributed by atoms with Gasteiger partial charge in [-0.15, -0.1) is 0 Å². The van der Waals surface area contributed by atoms with Crippen LogP contribution in [0.25, 0.3) is 11.6 Å². The zero-order valence-corrected chi connectivity index (χ0v) is 18.7. The number of nitrogens with one attached hydrogen (secondary N) is 1. The fourth-order valence-corrected chi connectivity index (χ4v) is 5.08. The molecule has 0 radical (unpaired) electrons. The van der Waals surface area contributed by atoms with Gasteiger partial charge < -0.3 is 14.9 Å². The third kappa shape index (κ3) is 4.05. The van der Waals surface area contributed by atoms with Gasteiger partial charge in [-0.05, 0) is 50.0 Å². The second-order valence-corrected chi connectivity index (χ2v) is 9.40. The van der Waals surface area contributed by atoms with E-state index in [1.54, 1.807) is 0 Å². The van der Waals surface area contributed by atoms with E-state index in [9.17, 15) is 26.7 Å². The molecule has 3 aliphatic carbocycles. The van der Waals surface area contributed by atoms with Crippen LogP contribution < -0.4 is 5.32 Å². The molecule has 3 saturated carbocycles. The summed E-state index contributed by atoms with van der Waals surface area (Å²) >= 11 is 0. The minimum Gasteiger partial charge on any atom is -0.503 e. The number of aromatic nitrogens is 4. The number of carbonyl (C=O) groups is 1. The maximum Gasteiger partial charge on any atom is 0.281 e. The first-order valence-electron chi connectivity index (χ1n) is 11.2. The van der Waals surface area contributed by atoms with Crippen LogP contribution in [0.5, 0.6) is 5.75 Å². The lowest BCUT2D eigenvalue weighted by atomic mass is 9.53. The van der Waals surface area contributed by atoms with Crippen LogP contribution in [0.4, 0.5) is 22.0 Å². The standard InChI is InChI=1S/C23H20F5N5O3/c24-12-7-11(15(25)16(26)17(12)34)19(35)31-10-22-1-4-23(5-2-22,6-3-22)21-32-20(36-33-21)14-9-29-13(8-30-14)18(27)28/h7-9,18,34H,1-6,10H2,(H,31,35)/t22-,23+. The monoisotopic (exact) mass is 509 g/mol. The fourth-order valence-electron chi connectivity index (χ4n) is 5.08. The molecule has 13 heteroatoms. The number of fused-ring (bicyclic) bond motifs is 3. The molecule has 1 aromatic carbocycles. The van der Waals surface area contributed by atoms with Crippen molar-refractivity contribution in [2.45, 2.75) is 50.4 Å². The predicted molar refractivity (Wildman–Crippen MR) is 112 cm³/mol. The molecule has 3 aromatic rings. The number of hydrogen-bond donors (Lipinski definition) is 2. The van der Waals surface area contributed by atoms with Crippen molar-refractivity contribution in [2.75, 3.05) is 6.54 Å². The van der Waals surface area contributed by atoms with Crippen molar-refractivity contribution in [3.8, 4) is 17.3 Å². The van der Waals surface area contributed by atoms with Gasteiger partial charge in [0.2, 0.25) is 5.82 Å². The maximum absolute atomic E-state index is 14.0. The molecule has 3 fully saturated rings. The van der Waals surface area contributed by atoms with Crippen LogP contribution in [0.3, 0.4) is 0 Å². The van der Waals surface area contributed by atoms with Crippen LogP contribution in [0.15, 0.2) is 23.0 Å². The van der Waals surface area contributed by atoms with Gasteiger partial charge in [0.05, 0.1) is 18.0 Å². The van der Waals surface area contributed by atoms with Crippen molar-refractivity contribution in [3.05, 3.63) is 53.0 Å². The molecule has 6 rings (SSSR count). The summed E-state index contributed by atoms with van der Waals surface area (Å²) in [6.07, 6.45) is 3.53. The minimum absolute atomic E-state index is 0.0813. The summed E-state index contributed by atoms with van der Waals surface area (Å²) in [5, 5.41) is 15.8. The van der Waals surface area contributed by atoms with E-state index >= 15 is 0 Å². The van der Waals surface area contributed by atoms with Crippen LogP contribution in [0.1, 0.15) is 66.8 Å². The largest absolute Gasteiger partial charge is 0.503 e. The molecule has 0 aliphatic heterocycles. The molecule has 0 saturated heterocycles. The number of alkyl halides is 2. The molecular weight excluding hydrogens is 489 g/mol. The average Bonchev–Trinajstić information content (AvgIpc) is 3.41. The molecule has 2 heterocycles. The smallest absolute Gasteiger partial charge is 0.281 e. The number of rotatable bonds is 6. The van der Waals surface area contributed by atoms with Gasteiger partial charge in [-0.1, -0.05) is 5.16 Å².